The minimum Gasteiger partial charge on any atom is -0.381 e. The molecule has 178 valence electrons. The van der Waals surface area contributed by atoms with Gasteiger partial charge in [-0.15, -0.1) is 11.6 Å². The third kappa shape index (κ3) is 6.25. The molecule has 0 heterocycles. The molecule has 32 heavy (non-hydrogen) atoms. The fraction of sp³-hybridized carbons (Fsp3) is 0.429. The standard InChI is InChI=1S/C21H21ClF8N2/c1-12(32-11-13-5-3-2-4-6-13)15-9-14(7-8-17(15)22)10-16(20(25,26)27)18(31)19(23,24)21(28,29)30/h3,5-7,9-10,17-18,32H,1-2,4,8,11,31H2/b16-10-. The van der Waals surface area contributed by atoms with Gasteiger partial charge in [-0.2, -0.15) is 35.1 Å². The molecule has 0 aliphatic heterocycles. The van der Waals surface area contributed by atoms with E-state index in [9.17, 15) is 35.1 Å². The molecule has 2 aliphatic carbocycles. The summed E-state index contributed by atoms with van der Waals surface area (Å²) >= 11 is 6.21. The summed E-state index contributed by atoms with van der Waals surface area (Å²) < 4.78 is 105. The van der Waals surface area contributed by atoms with E-state index in [0.717, 1.165) is 24.5 Å². The Morgan fingerprint density at radius 2 is 1.81 bits per heavy atom. The van der Waals surface area contributed by atoms with Gasteiger partial charge in [-0.3, -0.25) is 0 Å². The summed E-state index contributed by atoms with van der Waals surface area (Å²) in [6, 6.07) is -3.64. The molecule has 0 fully saturated rings. The number of nitrogens with one attached hydrogen (secondary N) is 1. The third-order valence-corrected chi connectivity index (χ3v) is 5.31. The van der Waals surface area contributed by atoms with Crippen LogP contribution in [0.5, 0.6) is 0 Å². The third-order valence-electron chi connectivity index (χ3n) is 4.90. The molecule has 2 rings (SSSR count). The summed E-state index contributed by atoms with van der Waals surface area (Å²) in [5, 5.41) is 2.32. The lowest BCUT2D eigenvalue weighted by molar-refractivity contribution is -0.289. The van der Waals surface area contributed by atoms with Gasteiger partial charge in [-0.25, -0.2) is 0 Å². The van der Waals surface area contributed by atoms with Crippen molar-refractivity contribution in [2.45, 2.75) is 49.0 Å². The highest BCUT2D eigenvalue weighted by Gasteiger charge is 2.64. The number of hydrogen-bond acceptors (Lipinski definition) is 2. The maximum absolute atomic E-state index is 13.5. The first-order valence-corrected chi connectivity index (χ1v) is 9.91. The number of rotatable bonds is 7. The average Bonchev–Trinajstić information content (AvgIpc) is 2.69. The molecule has 0 aromatic carbocycles. The molecule has 2 aliphatic rings. The number of halogens is 9. The molecule has 0 saturated carbocycles. The van der Waals surface area contributed by atoms with E-state index in [-0.39, 0.29) is 18.1 Å². The van der Waals surface area contributed by atoms with Gasteiger partial charge in [-0.1, -0.05) is 30.9 Å². The molecule has 11 heteroatoms. The van der Waals surface area contributed by atoms with Crippen molar-refractivity contribution >= 4 is 11.6 Å². The van der Waals surface area contributed by atoms with Crippen molar-refractivity contribution in [2.24, 2.45) is 5.73 Å². The number of hydrogen-bond donors (Lipinski definition) is 2. The van der Waals surface area contributed by atoms with Crippen molar-refractivity contribution in [1.82, 2.24) is 5.32 Å². The van der Waals surface area contributed by atoms with E-state index in [2.05, 4.69) is 11.9 Å². The largest absolute Gasteiger partial charge is 0.455 e. The second-order valence-electron chi connectivity index (χ2n) is 7.29. The highest BCUT2D eigenvalue weighted by atomic mass is 35.5. The molecule has 0 aromatic rings. The van der Waals surface area contributed by atoms with Crippen LogP contribution in [0.25, 0.3) is 0 Å². The predicted molar refractivity (Wildman–Crippen MR) is 107 cm³/mol. The number of alkyl halides is 9. The smallest absolute Gasteiger partial charge is 0.381 e. The van der Waals surface area contributed by atoms with Crippen LogP contribution in [0.1, 0.15) is 19.3 Å². The van der Waals surface area contributed by atoms with Crippen molar-refractivity contribution in [3.05, 3.63) is 71.0 Å². The highest BCUT2D eigenvalue weighted by Crippen LogP contribution is 2.43. The fourth-order valence-electron chi connectivity index (χ4n) is 3.08. The lowest BCUT2D eigenvalue weighted by Gasteiger charge is -2.29. The minimum atomic E-state index is -6.25. The average molecular weight is 489 g/mol. The van der Waals surface area contributed by atoms with Crippen molar-refractivity contribution in [1.29, 1.82) is 0 Å². The summed E-state index contributed by atoms with van der Waals surface area (Å²) in [5.74, 6) is -5.78. The zero-order valence-corrected chi connectivity index (χ0v) is 17.4. The summed E-state index contributed by atoms with van der Waals surface area (Å²) in [4.78, 5) is 0. The van der Waals surface area contributed by atoms with Crippen LogP contribution >= 0.6 is 11.6 Å². The molecule has 0 aromatic heterocycles. The lowest BCUT2D eigenvalue weighted by atomic mass is 9.92. The molecule has 2 atom stereocenters. The van der Waals surface area contributed by atoms with Gasteiger partial charge in [0.2, 0.25) is 0 Å². The van der Waals surface area contributed by atoms with Gasteiger partial charge >= 0.3 is 18.3 Å². The van der Waals surface area contributed by atoms with E-state index in [0.29, 0.717) is 17.8 Å². The molecule has 0 radical (unpaired) electrons. The van der Waals surface area contributed by atoms with Crippen LogP contribution in [0.2, 0.25) is 0 Å². The van der Waals surface area contributed by atoms with Gasteiger partial charge in [0.05, 0.1) is 11.0 Å². The van der Waals surface area contributed by atoms with Gasteiger partial charge < -0.3 is 11.1 Å². The van der Waals surface area contributed by atoms with Crippen molar-refractivity contribution in [3.8, 4) is 0 Å². The number of nitrogens with two attached hydrogens (primary N) is 1. The van der Waals surface area contributed by atoms with Crippen LogP contribution in [-0.2, 0) is 0 Å². The minimum absolute atomic E-state index is 0.0125. The molecule has 2 unspecified atom stereocenters. The Kier molecular flexibility index (Phi) is 8.04. The molecule has 0 bridgehead atoms. The molecule has 2 nitrogen and oxygen atoms in total. The van der Waals surface area contributed by atoms with Gasteiger partial charge in [0.1, 0.15) is 6.04 Å². The van der Waals surface area contributed by atoms with Crippen molar-refractivity contribution in [3.63, 3.8) is 0 Å². The monoisotopic (exact) mass is 488 g/mol. The molecular formula is C21H21ClF8N2. The van der Waals surface area contributed by atoms with Crippen LogP contribution in [0.15, 0.2) is 71.0 Å². The zero-order chi connectivity index (χ0) is 24.3. The maximum Gasteiger partial charge on any atom is 0.455 e. The first kappa shape index (κ1) is 26.2. The fourth-order valence-corrected chi connectivity index (χ4v) is 3.36. The predicted octanol–water partition coefficient (Wildman–Crippen LogP) is 6.24. The Labute approximate surface area is 184 Å². The Hall–Kier alpha value is -2.07. The summed E-state index contributed by atoms with van der Waals surface area (Å²) in [5.41, 5.74) is 3.86. The van der Waals surface area contributed by atoms with Crippen LogP contribution in [0, 0.1) is 0 Å². The van der Waals surface area contributed by atoms with Gasteiger partial charge in [0, 0.05) is 12.2 Å². The van der Waals surface area contributed by atoms with Crippen molar-refractivity contribution in [2.75, 3.05) is 6.54 Å². The van der Waals surface area contributed by atoms with E-state index in [1.165, 1.54) is 6.08 Å². The van der Waals surface area contributed by atoms with Crippen LogP contribution in [0.4, 0.5) is 35.1 Å². The van der Waals surface area contributed by atoms with E-state index < -0.39 is 35.3 Å². The van der Waals surface area contributed by atoms with Crippen LogP contribution in [-0.4, -0.2) is 36.2 Å². The maximum atomic E-state index is 13.5. The van der Waals surface area contributed by atoms with E-state index in [1.54, 1.807) is 0 Å². The second kappa shape index (κ2) is 9.82. The molecule has 0 saturated heterocycles. The SMILES string of the molecule is C=C(NCC1=CCCC=C1)C1=CC(/C=C(/C(N)C(F)(F)C(F)(F)F)C(F)(F)F)=CCC1Cl. The molecular weight excluding hydrogens is 468 g/mol. The molecule has 3 N–H and O–H groups in total. The Morgan fingerprint density at radius 1 is 1.16 bits per heavy atom. The Bertz CT molecular complexity index is 875. The van der Waals surface area contributed by atoms with E-state index in [1.807, 2.05) is 18.2 Å². The van der Waals surface area contributed by atoms with Gasteiger partial charge in [0.15, 0.2) is 0 Å². The van der Waals surface area contributed by atoms with Gasteiger partial charge in [-0.05, 0) is 48.1 Å². The van der Waals surface area contributed by atoms with E-state index in [4.69, 9.17) is 17.3 Å². The summed E-state index contributed by atoms with van der Waals surface area (Å²) in [6.45, 7) is 4.18. The quantitative estimate of drug-likeness (QED) is 0.329. The normalized spacial score (nSPS) is 21.5. The Balaban J connectivity index is 2.30. The first-order chi connectivity index (χ1) is 14.6. The lowest BCUT2D eigenvalue weighted by Crippen LogP contribution is -2.54. The van der Waals surface area contributed by atoms with E-state index >= 15 is 0 Å². The second-order valence-corrected chi connectivity index (χ2v) is 7.82. The molecule has 0 spiro atoms. The first-order valence-electron chi connectivity index (χ1n) is 9.48. The molecule has 0 amide bonds. The highest BCUT2D eigenvalue weighted by molar-refractivity contribution is 6.23. The number of allylic oxidation sites excluding steroid dienone is 7. The van der Waals surface area contributed by atoms with Crippen LogP contribution < -0.4 is 11.1 Å². The Morgan fingerprint density at radius 3 is 2.34 bits per heavy atom. The van der Waals surface area contributed by atoms with Crippen LogP contribution in [0.3, 0.4) is 0 Å². The van der Waals surface area contributed by atoms with Gasteiger partial charge in [0.25, 0.3) is 0 Å². The topological polar surface area (TPSA) is 38.0 Å². The van der Waals surface area contributed by atoms with Crippen molar-refractivity contribution < 1.29 is 35.1 Å². The zero-order valence-electron chi connectivity index (χ0n) is 16.6. The summed E-state index contributed by atoms with van der Waals surface area (Å²) in [6.07, 6.45) is -1.55. The summed E-state index contributed by atoms with van der Waals surface area (Å²) in [7, 11) is 0.